The third-order valence-corrected chi connectivity index (χ3v) is 8.68. The van der Waals surface area contributed by atoms with Crippen molar-refractivity contribution in [3.05, 3.63) is 35.8 Å². The Balaban J connectivity index is 1.39. The Morgan fingerprint density at radius 3 is 2.71 bits per heavy atom. The van der Waals surface area contributed by atoms with Crippen molar-refractivity contribution in [1.29, 1.82) is 0 Å². The van der Waals surface area contributed by atoms with Gasteiger partial charge in [0.2, 0.25) is 0 Å². The van der Waals surface area contributed by atoms with Gasteiger partial charge in [-0.1, -0.05) is 31.6 Å². The van der Waals surface area contributed by atoms with E-state index in [-0.39, 0.29) is 22.9 Å². The summed E-state index contributed by atoms with van der Waals surface area (Å²) in [6, 6.07) is 0. The lowest BCUT2D eigenvalue weighted by Crippen LogP contribution is -2.51. The first-order valence-electron chi connectivity index (χ1n) is 11.0. The number of ether oxygens (including phenoxy) is 1. The Hall–Kier alpha value is -1.75. The molecule has 0 amide bonds. The molecule has 1 heterocycles. The van der Waals surface area contributed by atoms with Crippen molar-refractivity contribution in [3.8, 4) is 0 Å². The first-order chi connectivity index (χ1) is 13.4. The third kappa shape index (κ3) is 2.58. The van der Waals surface area contributed by atoms with E-state index >= 15 is 0 Å². The van der Waals surface area contributed by atoms with Crippen molar-refractivity contribution in [3.63, 3.8) is 0 Å². The van der Waals surface area contributed by atoms with Crippen LogP contribution in [0.4, 0.5) is 0 Å². The molecule has 0 aromatic carbocycles. The van der Waals surface area contributed by atoms with Crippen LogP contribution in [-0.4, -0.2) is 17.1 Å². The molecule has 0 spiro atoms. The standard InChI is InChI=1S/C23H33N3O2/c1-15(27)28-17-8-10-22(2)16(14-17)4-5-18-19-6-7-21(26-13-12-24-25-26)23(19,3)11-9-20(18)22/h4,7,12-13,17-20,24-25H,5-6,8-11,14H2,1-3H3/t17-,18?,19?,20?,22-,23?/m0/s1. The molecule has 0 bridgehead atoms. The van der Waals surface area contributed by atoms with E-state index in [2.05, 4.69) is 48.2 Å². The minimum atomic E-state index is -0.139. The SMILES string of the molecule is CC(=O)O[C@H]1CC[C@@]2(C)C(=CCC3C4CC=C(N5C=CNN5)C4(C)CCC32)C1. The minimum absolute atomic E-state index is 0.0857. The van der Waals surface area contributed by atoms with Crippen molar-refractivity contribution >= 4 is 5.97 Å². The van der Waals surface area contributed by atoms with Crippen molar-refractivity contribution in [2.24, 2.45) is 28.6 Å². The lowest BCUT2D eigenvalue weighted by Gasteiger charge is -2.58. The summed E-state index contributed by atoms with van der Waals surface area (Å²) in [7, 11) is 0. The quantitative estimate of drug-likeness (QED) is 0.554. The molecule has 0 saturated heterocycles. The predicted octanol–water partition coefficient (Wildman–Crippen LogP) is 4.17. The molecule has 4 unspecified atom stereocenters. The average molecular weight is 384 g/mol. The topological polar surface area (TPSA) is 53.6 Å². The van der Waals surface area contributed by atoms with Crippen LogP contribution in [0.5, 0.6) is 0 Å². The summed E-state index contributed by atoms with van der Waals surface area (Å²) in [5, 5.41) is 2.18. The fourth-order valence-electron chi connectivity index (χ4n) is 7.28. The van der Waals surface area contributed by atoms with Gasteiger partial charge in [-0.2, -0.15) is 0 Å². The van der Waals surface area contributed by atoms with Crippen LogP contribution >= 0.6 is 0 Å². The summed E-state index contributed by atoms with van der Waals surface area (Å²) in [5.41, 5.74) is 9.89. The Labute approximate surface area is 168 Å². The number of fused-ring (bicyclic) bond motifs is 5. The summed E-state index contributed by atoms with van der Waals surface area (Å²) in [5.74, 6) is 2.10. The van der Waals surface area contributed by atoms with E-state index in [1.165, 1.54) is 38.3 Å². The van der Waals surface area contributed by atoms with Crippen LogP contribution in [0.25, 0.3) is 0 Å². The molecule has 1 aliphatic heterocycles. The molecule has 0 aromatic rings. The second-order valence-corrected chi connectivity index (χ2v) is 9.96. The zero-order valence-corrected chi connectivity index (χ0v) is 17.3. The smallest absolute Gasteiger partial charge is 0.302 e. The Morgan fingerprint density at radius 1 is 1.14 bits per heavy atom. The number of carbonyl (C=O) groups is 1. The maximum absolute atomic E-state index is 11.4. The van der Waals surface area contributed by atoms with E-state index in [0.29, 0.717) is 0 Å². The first-order valence-corrected chi connectivity index (χ1v) is 11.0. The number of allylic oxidation sites excluding steroid dienone is 3. The maximum Gasteiger partial charge on any atom is 0.302 e. The highest BCUT2D eigenvalue weighted by Gasteiger charge is 2.57. The number of hydrogen-bond acceptors (Lipinski definition) is 5. The number of nitrogens with one attached hydrogen (secondary N) is 2. The molecular formula is C23H33N3O2. The van der Waals surface area contributed by atoms with Crippen molar-refractivity contribution in [2.75, 3.05) is 0 Å². The molecular weight excluding hydrogens is 350 g/mol. The van der Waals surface area contributed by atoms with Gasteiger partial charge in [-0.3, -0.25) is 9.80 Å². The maximum atomic E-state index is 11.4. The summed E-state index contributed by atoms with van der Waals surface area (Å²) in [6.07, 6.45) is 17.2. The molecule has 5 rings (SSSR count). The molecule has 0 aromatic heterocycles. The molecule has 2 N–H and O–H groups in total. The predicted molar refractivity (Wildman–Crippen MR) is 108 cm³/mol. The molecule has 28 heavy (non-hydrogen) atoms. The van der Waals surface area contributed by atoms with E-state index in [4.69, 9.17) is 4.74 Å². The van der Waals surface area contributed by atoms with Crippen LogP contribution in [0.2, 0.25) is 0 Å². The van der Waals surface area contributed by atoms with Crippen LogP contribution in [0.1, 0.15) is 65.7 Å². The number of rotatable bonds is 2. The molecule has 2 fully saturated rings. The van der Waals surface area contributed by atoms with Crippen LogP contribution in [-0.2, 0) is 9.53 Å². The molecule has 5 nitrogen and oxygen atoms in total. The molecule has 5 aliphatic rings. The lowest BCUT2D eigenvalue weighted by molar-refractivity contribution is -0.148. The van der Waals surface area contributed by atoms with E-state index in [1.54, 1.807) is 5.57 Å². The fourth-order valence-corrected chi connectivity index (χ4v) is 7.28. The second-order valence-electron chi connectivity index (χ2n) is 9.96. The van der Waals surface area contributed by atoms with Crippen molar-refractivity contribution < 1.29 is 9.53 Å². The van der Waals surface area contributed by atoms with Gasteiger partial charge in [-0.05, 0) is 61.7 Å². The van der Waals surface area contributed by atoms with Gasteiger partial charge < -0.3 is 10.2 Å². The number of carbonyl (C=O) groups excluding carboxylic acids is 1. The van der Waals surface area contributed by atoms with E-state index in [9.17, 15) is 4.79 Å². The van der Waals surface area contributed by atoms with Crippen molar-refractivity contribution in [1.82, 2.24) is 16.0 Å². The lowest BCUT2D eigenvalue weighted by atomic mass is 9.47. The highest BCUT2D eigenvalue weighted by molar-refractivity contribution is 5.66. The van der Waals surface area contributed by atoms with Gasteiger partial charge in [0.05, 0.1) is 0 Å². The number of hydrogen-bond donors (Lipinski definition) is 2. The Morgan fingerprint density at radius 2 is 1.96 bits per heavy atom. The molecule has 0 radical (unpaired) electrons. The summed E-state index contributed by atoms with van der Waals surface area (Å²) >= 11 is 0. The van der Waals surface area contributed by atoms with Gasteiger partial charge in [0.1, 0.15) is 6.10 Å². The molecule has 4 aliphatic carbocycles. The van der Waals surface area contributed by atoms with Crippen LogP contribution in [0.15, 0.2) is 35.8 Å². The van der Waals surface area contributed by atoms with Crippen LogP contribution < -0.4 is 11.0 Å². The van der Waals surface area contributed by atoms with Gasteiger partial charge in [0.15, 0.2) is 0 Å². The molecule has 152 valence electrons. The van der Waals surface area contributed by atoms with Crippen LogP contribution in [0, 0.1) is 28.6 Å². The Bertz CT molecular complexity index is 772. The van der Waals surface area contributed by atoms with Gasteiger partial charge in [-0.25, -0.2) is 0 Å². The van der Waals surface area contributed by atoms with Gasteiger partial charge >= 0.3 is 5.97 Å². The first kappa shape index (κ1) is 18.3. The van der Waals surface area contributed by atoms with E-state index in [0.717, 1.165) is 37.0 Å². The monoisotopic (exact) mass is 383 g/mol. The van der Waals surface area contributed by atoms with E-state index < -0.39 is 0 Å². The molecule has 2 saturated carbocycles. The molecule has 6 atom stereocenters. The Kier molecular flexibility index (Phi) is 4.17. The van der Waals surface area contributed by atoms with E-state index in [1.807, 2.05) is 6.20 Å². The largest absolute Gasteiger partial charge is 0.462 e. The normalized spacial score (nSPS) is 44.0. The van der Waals surface area contributed by atoms with Crippen molar-refractivity contribution in [2.45, 2.75) is 71.8 Å². The third-order valence-electron chi connectivity index (χ3n) is 8.68. The van der Waals surface area contributed by atoms with Gasteiger partial charge in [0, 0.05) is 36.9 Å². The van der Waals surface area contributed by atoms with Crippen LogP contribution in [0.3, 0.4) is 0 Å². The fraction of sp³-hybridized carbons (Fsp3) is 0.696. The summed E-state index contributed by atoms with van der Waals surface area (Å²) in [4.78, 5) is 11.4. The number of hydrazine groups is 2. The molecule has 5 heteroatoms. The highest BCUT2D eigenvalue weighted by Crippen LogP contribution is 2.65. The second kappa shape index (κ2) is 6.38. The van der Waals surface area contributed by atoms with Gasteiger partial charge in [0.25, 0.3) is 0 Å². The zero-order valence-electron chi connectivity index (χ0n) is 17.3. The number of nitrogens with zero attached hydrogens (tertiary/aromatic N) is 1. The minimum Gasteiger partial charge on any atom is -0.462 e. The highest BCUT2D eigenvalue weighted by atomic mass is 16.5. The van der Waals surface area contributed by atoms with Gasteiger partial charge in [-0.15, -0.1) is 5.53 Å². The average Bonchev–Trinajstić information content (AvgIpc) is 3.28. The summed E-state index contributed by atoms with van der Waals surface area (Å²) < 4.78 is 5.56. The number of esters is 1. The summed E-state index contributed by atoms with van der Waals surface area (Å²) in [6.45, 7) is 6.52. The zero-order chi connectivity index (χ0) is 19.5.